The van der Waals surface area contributed by atoms with Gasteiger partial charge in [0.15, 0.2) is 0 Å². The minimum atomic E-state index is -2.52. The summed E-state index contributed by atoms with van der Waals surface area (Å²) in [6.45, 7) is 4.69. The SMILES string of the molecule is [2H]C([2H])([2H])n1ncc2c1-c1cccc(c1)[C@@H](NC(=O)OC(C)(C)C)CCC[C@@H](C)C(=O)N2. The van der Waals surface area contributed by atoms with Crippen molar-refractivity contribution in [2.45, 2.75) is 58.6 Å². The molecule has 2 amide bonds. The van der Waals surface area contributed by atoms with Crippen molar-refractivity contribution >= 4 is 17.7 Å². The van der Waals surface area contributed by atoms with Crippen LogP contribution in [0.25, 0.3) is 11.3 Å². The molecule has 2 aromatic rings. The number of anilines is 1. The van der Waals surface area contributed by atoms with Crippen molar-refractivity contribution in [1.82, 2.24) is 15.1 Å². The number of aromatic nitrogens is 2. The van der Waals surface area contributed by atoms with Crippen LogP contribution >= 0.6 is 0 Å². The van der Waals surface area contributed by atoms with Crippen molar-refractivity contribution < 1.29 is 18.4 Å². The molecule has 0 saturated carbocycles. The Morgan fingerprint density at radius 2 is 2.17 bits per heavy atom. The van der Waals surface area contributed by atoms with Gasteiger partial charge in [0.1, 0.15) is 5.60 Å². The summed E-state index contributed by atoms with van der Waals surface area (Å²) in [6, 6.07) is 6.91. The summed E-state index contributed by atoms with van der Waals surface area (Å²) >= 11 is 0. The van der Waals surface area contributed by atoms with Gasteiger partial charge < -0.3 is 15.4 Å². The summed E-state index contributed by atoms with van der Waals surface area (Å²) in [5.74, 6) is -0.497. The fraction of sp³-hybridized carbons (Fsp3) is 0.500. The summed E-state index contributed by atoms with van der Waals surface area (Å²) in [5, 5.41) is 9.80. The van der Waals surface area contributed by atoms with E-state index in [-0.39, 0.29) is 17.9 Å². The number of fused-ring (bicyclic) bond motifs is 4. The van der Waals surface area contributed by atoms with Crippen molar-refractivity contribution in [2.75, 3.05) is 5.32 Å². The van der Waals surface area contributed by atoms with E-state index in [9.17, 15) is 9.59 Å². The molecule has 0 radical (unpaired) electrons. The summed E-state index contributed by atoms with van der Waals surface area (Å²) < 4.78 is 29.9. The molecule has 0 spiro atoms. The number of nitrogens with zero attached hydrogens (tertiary/aromatic N) is 2. The Morgan fingerprint density at radius 1 is 1.38 bits per heavy atom. The Labute approximate surface area is 176 Å². The van der Waals surface area contributed by atoms with Crippen LogP contribution in [0.3, 0.4) is 0 Å². The molecule has 1 aliphatic heterocycles. The number of benzene rings is 1. The Hall–Kier alpha value is -2.83. The molecule has 2 atom stereocenters. The van der Waals surface area contributed by atoms with E-state index in [4.69, 9.17) is 8.85 Å². The maximum atomic E-state index is 12.7. The lowest BCUT2D eigenvalue weighted by Gasteiger charge is -2.25. The Morgan fingerprint density at radius 3 is 2.90 bits per heavy atom. The van der Waals surface area contributed by atoms with Crippen LogP contribution in [0.15, 0.2) is 30.5 Å². The van der Waals surface area contributed by atoms with E-state index >= 15 is 0 Å². The lowest BCUT2D eigenvalue weighted by molar-refractivity contribution is -0.119. The lowest BCUT2D eigenvalue weighted by Crippen LogP contribution is -2.35. The third kappa shape index (κ3) is 5.16. The van der Waals surface area contributed by atoms with Crippen molar-refractivity contribution in [3.8, 4) is 11.3 Å². The van der Waals surface area contributed by atoms with E-state index in [0.717, 1.165) is 10.2 Å². The molecular formula is C22H30N4O3. The fourth-order valence-corrected chi connectivity index (χ4v) is 3.41. The van der Waals surface area contributed by atoms with Crippen LogP contribution in [0.1, 0.15) is 62.7 Å². The molecule has 7 heteroatoms. The van der Waals surface area contributed by atoms with Gasteiger partial charge >= 0.3 is 6.09 Å². The molecule has 2 heterocycles. The highest BCUT2D eigenvalue weighted by atomic mass is 16.6. The number of hydrogen-bond donors (Lipinski definition) is 2. The van der Waals surface area contributed by atoms with E-state index in [1.807, 2.05) is 19.1 Å². The first-order valence-corrected chi connectivity index (χ1v) is 9.84. The van der Waals surface area contributed by atoms with Gasteiger partial charge in [0.05, 0.1) is 23.6 Å². The van der Waals surface area contributed by atoms with Crippen LogP contribution < -0.4 is 10.6 Å². The number of aryl methyl sites for hydroxylation is 1. The highest BCUT2D eigenvalue weighted by molar-refractivity contribution is 5.95. The topological polar surface area (TPSA) is 85.2 Å². The number of carbonyl (C=O) groups is 2. The number of ether oxygens (including phenoxy) is 1. The van der Waals surface area contributed by atoms with Gasteiger partial charge in [-0.25, -0.2) is 4.79 Å². The molecule has 0 saturated heterocycles. The molecular weight excluding hydrogens is 368 g/mol. The number of carbonyl (C=O) groups excluding carboxylic acids is 2. The van der Waals surface area contributed by atoms with Crippen LogP contribution in [-0.2, 0) is 16.5 Å². The summed E-state index contributed by atoms with van der Waals surface area (Å²) in [6.07, 6.45) is 2.76. The molecule has 1 aromatic carbocycles. The van der Waals surface area contributed by atoms with Crippen LogP contribution in [0.4, 0.5) is 10.5 Å². The zero-order valence-electron chi connectivity index (χ0n) is 20.3. The van der Waals surface area contributed by atoms with Gasteiger partial charge in [0.2, 0.25) is 5.91 Å². The predicted octanol–water partition coefficient (Wildman–Crippen LogP) is 4.41. The first kappa shape index (κ1) is 17.1. The number of alkyl carbamates (subject to hydrolysis) is 1. The Kier molecular flexibility index (Phi) is 4.87. The zero-order valence-corrected chi connectivity index (χ0v) is 17.3. The smallest absolute Gasteiger partial charge is 0.408 e. The largest absolute Gasteiger partial charge is 0.444 e. The number of rotatable bonds is 1. The highest BCUT2D eigenvalue weighted by Crippen LogP contribution is 2.32. The van der Waals surface area contributed by atoms with Gasteiger partial charge in [-0.15, -0.1) is 0 Å². The molecule has 2 N–H and O–H groups in total. The third-order valence-corrected chi connectivity index (χ3v) is 4.86. The average Bonchev–Trinajstić information content (AvgIpc) is 3.09. The van der Waals surface area contributed by atoms with Gasteiger partial charge in [-0.3, -0.25) is 9.48 Å². The van der Waals surface area contributed by atoms with Gasteiger partial charge in [0.25, 0.3) is 0 Å². The van der Waals surface area contributed by atoms with Crippen molar-refractivity contribution in [1.29, 1.82) is 0 Å². The summed E-state index contributed by atoms with van der Waals surface area (Å²) in [5.41, 5.74) is 1.40. The normalized spacial score (nSPS) is 21.9. The molecule has 29 heavy (non-hydrogen) atoms. The molecule has 1 aliphatic rings. The first-order chi connectivity index (χ1) is 14.8. The molecule has 2 bridgehead atoms. The standard InChI is InChI=1S/C22H30N4O3/c1-14-8-6-11-17(25-21(28)29-22(2,3)4)15-9-7-10-16(12-15)19-18(24-20(14)27)13-23-26(19)5/h7,9-10,12-14,17H,6,8,11H2,1-5H3,(H,24,27)(H,25,28)/t14-,17+/m1/s1/i5D3. The molecule has 0 fully saturated rings. The van der Waals surface area contributed by atoms with Crippen LogP contribution in [0.2, 0.25) is 0 Å². The maximum Gasteiger partial charge on any atom is 0.408 e. The monoisotopic (exact) mass is 401 g/mol. The second kappa shape index (κ2) is 8.27. The molecule has 156 valence electrons. The second-order valence-corrected chi connectivity index (χ2v) is 8.46. The Balaban J connectivity index is 2.07. The zero-order chi connectivity index (χ0) is 23.7. The van der Waals surface area contributed by atoms with Crippen LogP contribution in [0, 0.1) is 5.92 Å². The number of amides is 2. The molecule has 0 unspecified atom stereocenters. The van der Waals surface area contributed by atoms with Crippen LogP contribution in [-0.4, -0.2) is 27.4 Å². The summed E-state index contributed by atoms with van der Waals surface area (Å²) in [4.78, 5) is 25.2. The minimum Gasteiger partial charge on any atom is -0.444 e. The number of hydrogen-bond acceptors (Lipinski definition) is 4. The van der Waals surface area contributed by atoms with E-state index in [1.165, 1.54) is 6.20 Å². The average molecular weight is 402 g/mol. The number of nitrogens with one attached hydrogen (secondary N) is 2. The van der Waals surface area contributed by atoms with E-state index in [0.29, 0.717) is 36.2 Å². The molecule has 7 nitrogen and oxygen atoms in total. The first-order valence-electron chi connectivity index (χ1n) is 11.3. The van der Waals surface area contributed by atoms with E-state index < -0.39 is 18.7 Å². The van der Waals surface area contributed by atoms with Crippen molar-refractivity contribution in [3.05, 3.63) is 36.0 Å². The van der Waals surface area contributed by atoms with Crippen molar-refractivity contribution in [3.63, 3.8) is 0 Å². The highest BCUT2D eigenvalue weighted by Gasteiger charge is 2.24. The second-order valence-electron chi connectivity index (χ2n) is 8.46. The van der Waals surface area contributed by atoms with Crippen molar-refractivity contribution in [2.24, 2.45) is 12.9 Å². The van der Waals surface area contributed by atoms with Gasteiger partial charge in [-0.05, 0) is 45.2 Å². The van der Waals surface area contributed by atoms with E-state index in [2.05, 4.69) is 15.7 Å². The van der Waals surface area contributed by atoms with Gasteiger partial charge in [0, 0.05) is 22.6 Å². The lowest BCUT2D eigenvalue weighted by atomic mass is 9.94. The van der Waals surface area contributed by atoms with Gasteiger partial charge in [-0.1, -0.05) is 31.5 Å². The van der Waals surface area contributed by atoms with Crippen LogP contribution in [0.5, 0.6) is 0 Å². The Bertz CT molecular complexity index is 995. The quantitative estimate of drug-likeness (QED) is 0.741. The maximum absolute atomic E-state index is 12.7. The van der Waals surface area contributed by atoms with E-state index in [1.54, 1.807) is 32.9 Å². The molecule has 0 aliphatic carbocycles. The molecule has 1 aromatic heterocycles. The third-order valence-electron chi connectivity index (χ3n) is 4.86. The summed E-state index contributed by atoms with van der Waals surface area (Å²) in [7, 11) is 0. The fourth-order valence-electron chi connectivity index (χ4n) is 3.41. The minimum absolute atomic E-state index is 0.204. The molecule has 3 rings (SSSR count). The predicted molar refractivity (Wildman–Crippen MR) is 112 cm³/mol. The van der Waals surface area contributed by atoms with Gasteiger partial charge in [-0.2, -0.15) is 5.10 Å².